The van der Waals surface area contributed by atoms with Gasteiger partial charge in [-0.1, -0.05) is 0 Å². The Balaban J connectivity index is 1.68. The number of esters is 1. The van der Waals surface area contributed by atoms with Crippen molar-refractivity contribution >= 4 is 17.8 Å². The van der Waals surface area contributed by atoms with E-state index in [1.54, 1.807) is 13.8 Å². The van der Waals surface area contributed by atoms with E-state index in [0.29, 0.717) is 17.6 Å². The Bertz CT molecular complexity index is 951. The normalized spacial score (nSPS) is 16.2. The number of nitrogens with zero attached hydrogens (tertiary/aromatic N) is 1. The van der Waals surface area contributed by atoms with Gasteiger partial charge >= 0.3 is 11.9 Å². The highest BCUT2D eigenvalue weighted by Gasteiger charge is 2.28. The molecule has 200 valence electrons. The van der Waals surface area contributed by atoms with Gasteiger partial charge in [0, 0.05) is 43.5 Å². The zero-order chi connectivity index (χ0) is 26.8. The highest BCUT2D eigenvalue weighted by Crippen LogP contribution is 2.21. The predicted octanol–water partition coefficient (Wildman–Crippen LogP) is 2.98. The van der Waals surface area contributed by atoms with Gasteiger partial charge in [0.25, 0.3) is 0 Å². The fourth-order valence-electron chi connectivity index (χ4n) is 3.66. The van der Waals surface area contributed by atoms with Gasteiger partial charge in [0.15, 0.2) is 0 Å². The van der Waals surface area contributed by atoms with Gasteiger partial charge in [0.2, 0.25) is 17.7 Å². The van der Waals surface area contributed by atoms with Crippen LogP contribution in [-0.4, -0.2) is 56.6 Å². The van der Waals surface area contributed by atoms with Gasteiger partial charge in [-0.25, -0.2) is 4.79 Å². The first kappa shape index (κ1) is 29.0. The van der Waals surface area contributed by atoms with E-state index in [1.165, 1.54) is 12.1 Å². The van der Waals surface area contributed by atoms with Gasteiger partial charge in [-0.3, -0.25) is 9.59 Å². The molecule has 0 bridgehead atoms. The fourth-order valence-corrected chi connectivity index (χ4v) is 3.66. The summed E-state index contributed by atoms with van der Waals surface area (Å²) in [6.07, 6.45) is 4.20. The molecular weight excluding hydrogens is 468 g/mol. The predicted molar refractivity (Wildman–Crippen MR) is 131 cm³/mol. The van der Waals surface area contributed by atoms with Crippen LogP contribution in [0.25, 0.3) is 0 Å². The molecule has 0 saturated heterocycles. The molecule has 1 unspecified atom stereocenters. The molecule has 2 rings (SSSR count). The molecule has 10 nitrogen and oxygen atoms in total. The van der Waals surface area contributed by atoms with Gasteiger partial charge in [-0.05, 0) is 53.4 Å². The first-order valence-corrected chi connectivity index (χ1v) is 12.3. The second-order valence-electron chi connectivity index (χ2n) is 10.2. The number of ether oxygens (including phenoxy) is 2. The smallest absolute Gasteiger partial charge is 0.336 e. The average Bonchev–Trinajstić information content (AvgIpc) is 3.05. The van der Waals surface area contributed by atoms with E-state index in [-0.39, 0.29) is 43.8 Å². The number of hydrogen-bond donors (Lipinski definition) is 3. The van der Waals surface area contributed by atoms with E-state index in [2.05, 4.69) is 17.2 Å². The van der Waals surface area contributed by atoms with Crippen molar-refractivity contribution in [3.63, 3.8) is 0 Å². The molecule has 1 aromatic rings. The van der Waals surface area contributed by atoms with Gasteiger partial charge in [-0.2, -0.15) is 0 Å². The van der Waals surface area contributed by atoms with Crippen LogP contribution < -0.4 is 10.2 Å². The summed E-state index contributed by atoms with van der Waals surface area (Å²) >= 11 is 0. The van der Waals surface area contributed by atoms with Gasteiger partial charge < -0.3 is 29.8 Å². The van der Waals surface area contributed by atoms with E-state index >= 15 is 0 Å². The molecule has 1 aliphatic rings. The average molecular weight is 507 g/mol. The maximum atomic E-state index is 12.4. The van der Waals surface area contributed by atoms with Crippen molar-refractivity contribution in [3.05, 3.63) is 12.1 Å². The molecule has 0 radical (unpaired) electrons. The Morgan fingerprint density at radius 3 is 2.39 bits per heavy atom. The molecule has 0 aromatic carbocycles. The maximum absolute atomic E-state index is 12.4. The summed E-state index contributed by atoms with van der Waals surface area (Å²) in [7, 11) is 0. The van der Waals surface area contributed by atoms with Crippen LogP contribution in [0.4, 0.5) is 0 Å². The van der Waals surface area contributed by atoms with Crippen molar-refractivity contribution < 1.29 is 38.9 Å². The van der Waals surface area contributed by atoms with Crippen LogP contribution >= 0.6 is 0 Å². The third kappa shape index (κ3) is 10.6. The Labute approximate surface area is 212 Å². The standard InChI is InChI=1S/C26H38N2O8/c1-25(2,27-20(29)12-15-23(32)35-19-10-8-6-5-7-9-11-19)16-17-34-26(3,4)18-24(33)36-28-21(30)13-14-22(28)31/h13-14,19,30-31H,6,8-12,15-18H2,1-4H3,(H,27,29). The summed E-state index contributed by atoms with van der Waals surface area (Å²) in [5, 5.41) is 22.1. The van der Waals surface area contributed by atoms with Crippen molar-refractivity contribution in [1.29, 1.82) is 0 Å². The molecule has 0 aliphatic heterocycles. The minimum absolute atomic E-state index is 0.0161. The molecule has 0 spiro atoms. The molecule has 1 aromatic heterocycles. The number of amides is 1. The monoisotopic (exact) mass is 506 g/mol. The van der Waals surface area contributed by atoms with E-state index in [1.807, 2.05) is 13.8 Å². The van der Waals surface area contributed by atoms with Crippen LogP contribution in [0.2, 0.25) is 0 Å². The molecule has 36 heavy (non-hydrogen) atoms. The quantitative estimate of drug-likeness (QED) is 0.291. The molecule has 1 aliphatic carbocycles. The maximum Gasteiger partial charge on any atom is 0.336 e. The van der Waals surface area contributed by atoms with Crippen molar-refractivity contribution in [2.45, 2.75) is 103 Å². The summed E-state index contributed by atoms with van der Waals surface area (Å²) in [4.78, 5) is 41.7. The van der Waals surface area contributed by atoms with Crippen molar-refractivity contribution in [1.82, 2.24) is 10.0 Å². The molecule has 1 amide bonds. The van der Waals surface area contributed by atoms with Crippen molar-refractivity contribution in [3.8, 4) is 23.6 Å². The Hall–Kier alpha value is -3.19. The van der Waals surface area contributed by atoms with E-state index in [9.17, 15) is 24.6 Å². The Morgan fingerprint density at radius 1 is 1.03 bits per heavy atom. The number of aromatic hydroxyl groups is 2. The zero-order valence-electron chi connectivity index (χ0n) is 21.6. The first-order valence-electron chi connectivity index (χ1n) is 12.3. The zero-order valence-corrected chi connectivity index (χ0v) is 21.6. The van der Waals surface area contributed by atoms with E-state index in [0.717, 1.165) is 25.7 Å². The molecular formula is C26H38N2O8. The topological polar surface area (TPSA) is 136 Å². The molecule has 1 atom stereocenters. The van der Waals surface area contributed by atoms with Crippen LogP contribution in [0.5, 0.6) is 11.8 Å². The SMILES string of the molecule is CC(C)(CCOC(C)(C)CC(=O)On1c(O)ccc1O)NC(=O)CCC(=O)OC1CCC#CCCC1. The third-order valence-corrected chi connectivity index (χ3v) is 5.66. The summed E-state index contributed by atoms with van der Waals surface area (Å²) in [5.41, 5.74) is -1.49. The summed E-state index contributed by atoms with van der Waals surface area (Å²) < 4.78 is 12.0. The van der Waals surface area contributed by atoms with Crippen molar-refractivity contribution in [2.75, 3.05) is 6.61 Å². The Morgan fingerprint density at radius 2 is 1.69 bits per heavy atom. The lowest BCUT2D eigenvalue weighted by atomic mass is 10.00. The Kier molecular flexibility index (Phi) is 10.7. The summed E-state index contributed by atoms with van der Waals surface area (Å²) in [5.74, 6) is 4.00. The molecule has 3 N–H and O–H groups in total. The first-order chi connectivity index (χ1) is 16.9. The number of carbonyl (C=O) groups excluding carboxylic acids is 3. The third-order valence-electron chi connectivity index (χ3n) is 5.66. The van der Waals surface area contributed by atoms with Gasteiger partial charge in [-0.15, -0.1) is 16.6 Å². The van der Waals surface area contributed by atoms with Crippen LogP contribution in [0.3, 0.4) is 0 Å². The summed E-state index contributed by atoms with van der Waals surface area (Å²) in [6, 6.07) is 2.39. The lowest BCUT2D eigenvalue weighted by molar-refractivity contribution is -0.153. The highest BCUT2D eigenvalue weighted by atomic mass is 16.7. The fraction of sp³-hybridized carbons (Fsp3) is 0.654. The number of nitrogens with one attached hydrogen (secondary N) is 1. The van der Waals surface area contributed by atoms with Gasteiger partial charge in [0.05, 0.1) is 18.4 Å². The van der Waals surface area contributed by atoms with Gasteiger partial charge in [0.1, 0.15) is 6.10 Å². The van der Waals surface area contributed by atoms with Crippen LogP contribution in [0.15, 0.2) is 12.1 Å². The number of carbonyl (C=O) groups is 3. The largest absolute Gasteiger partial charge is 0.492 e. The number of rotatable bonds is 12. The molecule has 0 fully saturated rings. The van der Waals surface area contributed by atoms with Crippen LogP contribution in [0, 0.1) is 11.8 Å². The minimum Gasteiger partial charge on any atom is -0.492 e. The second-order valence-corrected chi connectivity index (χ2v) is 10.2. The number of hydrogen-bond acceptors (Lipinski definition) is 8. The summed E-state index contributed by atoms with van der Waals surface area (Å²) in [6.45, 7) is 7.37. The molecule has 0 saturated carbocycles. The van der Waals surface area contributed by atoms with E-state index < -0.39 is 28.9 Å². The number of aromatic nitrogens is 1. The lowest BCUT2D eigenvalue weighted by Crippen LogP contribution is -2.45. The highest BCUT2D eigenvalue weighted by molar-refractivity contribution is 5.81. The second kappa shape index (κ2) is 13.2. The van der Waals surface area contributed by atoms with Crippen LogP contribution in [-0.2, 0) is 23.9 Å². The van der Waals surface area contributed by atoms with E-state index in [4.69, 9.17) is 14.3 Å². The van der Waals surface area contributed by atoms with Crippen molar-refractivity contribution in [2.24, 2.45) is 0 Å². The molecule has 10 heteroatoms. The minimum atomic E-state index is -0.887. The molecule has 1 heterocycles. The van der Waals surface area contributed by atoms with Crippen LogP contribution in [0.1, 0.15) is 85.5 Å². The lowest BCUT2D eigenvalue weighted by Gasteiger charge is -2.30.